The highest BCUT2D eigenvalue weighted by molar-refractivity contribution is 5.51. The predicted octanol–water partition coefficient (Wildman–Crippen LogP) is 2.81. The van der Waals surface area contributed by atoms with Gasteiger partial charge in [0.15, 0.2) is 0 Å². The quantitative estimate of drug-likeness (QED) is 0.820. The lowest BCUT2D eigenvalue weighted by atomic mass is 9.69. The van der Waals surface area contributed by atoms with E-state index < -0.39 is 11.5 Å². The first-order valence-corrected chi connectivity index (χ1v) is 4.80. The van der Waals surface area contributed by atoms with Gasteiger partial charge >= 0.3 is 0 Å². The molecule has 0 saturated heterocycles. The van der Waals surface area contributed by atoms with Crippen LogP contribution in [0, 0.1) is 0 Å². The number of nitrogens with two attached hydrogens (primary N) is 1. The Morgan fingerprint density at radius 1 is 1.53 bits per heavy atom. The van der Waals surface area contributed by atoms with Gasteiger partial charge in [0.25, 0.3) is 5.92 Å². The van der Waals surface area contributed by atoms with E-state index in [0.29, 0.717) is 5.76 Å². The number of rotatable bonds is 2. The Morgan fingerprint density at radius 2 is 2.20 bits per heavy atom. The predicted molar refractivity (Wildman–Crippen MR) is 53.5 cm³/mol. The summed E-state index contributed by atoms with van der Waals surface area (Å²) in [4.78, 5) is 0. The fourth-order valence-electron chi connectivity index (χ4n) is 1.88. The lowest BCUT2D eigenvalue weighted by Crippen LogP contribution is -2.58. The van der Waals surface area contributed by atoms with Crippen LogP contribution in [0.5, 0.6) is 0 Å². The maximum Gasteiger partial charge on any atom is 0.252 e. The van der Waals surface area contributed by atoms with E-state index in [1.54, 1.807) is 25.1 Å². The SMILES string of the molecule is C/C(=C/c1ccco1)C1(N)CC(F)(F)C1. The third-order valence-electron chi connectivity index (χ3n) is 2.84. The van der Waals surface area contributed by atoms with Crippen LogP contribution < -0.4 is 5.73 Å². The molecule has 0 amide bonds. The lowest BCUT2D eigenvalue weighted by Gasteiger charge is -2.45. The maximum atomic E-state index is 12.7. The average molecular weight is 213 g/mol. The molecule has 82 valence electrons. The minimum Gasteiger partial charge on any atom is -0.465 e. The van der Waals surface area contributed by atoms with Gasteiger partial charge < -0.3 is 10.2 Å². The Balaban J connectivity index is 2.13. The number of alkyl halides is 2. The smallest absolute Gasteiger partial charge is 0.252 e. The molecule has 1 fully saturated rings. The minimum atomic E-state index is -2.60. The molecule has 1 aliphatic rings. The van der Waals surface area contributed by atoms with Gasteiger partial charge in [0.2, 0.25) is 0 Å². The molecule has 15 heavy (non-hydrogen) atoms. The van der Waals surface area contributed by atoms with E-state index in [-0.39, 0.29) is 12.8 Å². The van der Waals surface area contributed by atoms with Gasteiger partial charge in [-0.1, -0.05) is 0 Å². The molecule has 0 spiro atoms. The summed E-state index contributed by atoms with van der Waals surface area (Å²) in [7, 11) is 0. The van der Waals surface area contributed by atoms with Crippen LogP contribution in [-0.2, 0) is 0 Å². The van der Waals surface area contributed by atoms with E-state index >= 15 is 0 Å². The zero-order valence-corrected chi connectivity index (χ0v) is 8.47. The molecular weight excluding hydrogens is 200 g/mol. The molecule has 1 heterocycles. The highest BCUT2D eigenvalue weighted by atomic mass is 19.3. The molecule has 2 N–H and O–H groups in total. The average Bonchev–Trinajstić information content (AvgIpc) is 2.52. The highest BCUT2D eigenvalue weighted by Crippen LogP contribution is 2.47. The largest absolute Gasteiger partial charge is 0.465 e. The Bertz CT molecular complexity index is 373. The molecule has 2 rings (SSSR count). The van der Waals surface area contributed by atoms with Crippen molar-refractivity contribution < 1.29 is 13.2 Å². The summed E-state index contributed by atoms with van der Waals surface area (Å²) in [6.45, 7) is 1.76. The monoisotopic (exact) mass is 213 g/mol. The number of hydrogen-bond donors (Lipinski definition) is 1. The van der Waals surface area contributed by atoms with Crippen LogP contribution in [0.1, 0.15) is 25.5 Å². The Labute approximate surface area is 86.8 Å². The summed E-state index contributed by atoms with van der Waals surface area (Å²) < 4.78 is 30.6. The Hall–Kier alpha value is -1.16. The van der Waals surface area contributed by atoms with Gasteiger partial charge in [-0.05, 0) is 30.7 Å². The van der Waals surface area contributed by atoms with Crippen molar-refractivity contribution in [1.82, 2.24) is 0 Å². The molecule has 4 heteroatoms. The van der Waals surface area contributed by atoms with Crippen LogP contribution in [-0.4, -0.2) is 11.5 Å². The van der Waals surface area contributed by atoms with Crippen molar-refractivity contribution in [2.24, 2.45) is 5.73 Å². The second-order valence-corrected chi connectivity index (χ2v) is 4.21. The number of furan rings is 1. The van der Waals surface area contributed by atoms with Gasteiger partial charge in [0.1, 0.15) is 5.76 Å². The van der Waals surface area contributed by atoms with E-state index in [4.69, 9.17) is 10.2 Å². The molecular formula is C11H13F2NO. The van der Waals surface area contributed by atoms with Gasteiger partial charge in [-0.2, -0.15) is 0 Å². The number of halogens is 2. The molecule has 0 atom stereocenters. The standard InChI is InChI=1S/C11H13F2NO/c1-8(5-9-3-2-4-15-9)10(14)6-11(12,13)7-10/h2-5H,6-7,14H2,1H3/b8-5-. The molecule has 1 aromatic rings. The second kappa shape index (κ2) is 3.17. The van der Waals surface area contributed by atoms with Crippen molar-refractivity contribution in [3.8, 4) is 0 Å². The van der Waals surface area contributed by atoms with Crippen molar-refractivity contribution in [3.63, 3.8) is 0 Å². The first kappa shape index (κ1) is 10.4. The van der Waals surface area contributed by atoms with Crippen LogP contribution in [0.3, 0.4) is 0 Å². The summed E-state index contributed by atoms with van der Waals surface area (Å²) in [6.07, 6.45) is 2.71. The second-order valence-electron chi connectivity index (χ2n) is 4.21. The fourth-order valence-corrected chi connectivity index (χ4v) is 1.88. The maximum absolute atomic E-state index is 12.7. The molecule has 1 aliphatic carbocycles. The summed E-state index contributed by atoms with van der Waals surface area (Å²) in [6, 6.07) is 3.52. The highest BCUT2D eigenvalue weighted by Gasteiger charge is 2.55. The van der Waals surface area contributed by atoms with Crippen molar-refractivity contribution in [1.29, 1.82) is 0 Å². The topological polar surface area (TPSA) is 39.2 Å². The fraction of sp³-hybridized carbons (Fsp3) is 0.455. The summed E-state index contributed by atoms with van der Waals surface area (Å²) in [5, 5.41) is 0. The third-order valence-corrected chi connectivity index (χ3v) is 2.84. The Morgan fingerprint density at radius 3 is 2.67 bits per heavy atom. The van der Waals surface area contributed by atoms with Crippen LogP contribution in [0.15, 0.2) is 28.4 Å². The number of hydrogen-bond acceptors (Lipinski definition) is 2. The van der Waals surface area contributed by atoms with Gasteiger partial charge in [-0.25, -0.2) is 8.78 Å². The molecule has 2 nitrogen and oxygen atoms in total. The zero-order chi connectivity index (χ0) is 11.1. The zero-order valence-electron chi connectivity index (χ0n) is 8.47. The summed E-state index contributed by atoms with van der Waals surface area (Å²) in [5.74, 6) is -1.96. The van der Waals surface area contributed by atoms with Crippen LogP contribution in [0.4, 0.5) is 8.78 Å². The molecule has 0 aliphatic heterocycles. The first-order chi connectivity index (χ1) is 6.91. The van der Waals surface area contributed by atoms with Crippen LogP contribution in [0.25, 0.3) is 6.08 Å². The van der Waals surface area contributed by atoms with E-state index in [9.17, 15) is 8.78 Å². The van der Waals surface area contributed by atoms with Crippen molar-refractivity contribution in [3.05, 3.63) is 29.7 Å². The van der Waals surface area contributed by atoms with Crippen LogP contribution >= 0.6 is 0 Å². The molecule has 1 aromatic heterocycles. The van der Waals surface area contributed by atoms with E-state index in [1.165, 1.54) is 6.26 Å². The molecule has 0 aromatic carbocycles. The van der Waals surface area contributed by atoms with Crippen LogP contribution in [0.2, 0.25) is 0 Å². The molecule has 1 saturated carbocycles. The van der Waals surface area contributed by atoms with E-state index in [0.717, 1.165) is 5.57 Å². The van der Waals surface area contributed by atoms with Gasteiger partial charge in [-0.3, -0.25) is 0 Å². The minimum absolute atomic E-state index is 0.275. The summed E-state index contributed by atoms with van der Waals surface area (Å²) >= 11 is 0. The summed E-state index contributed by atoms with van der Waals surface area (Å²) in [5.41, 5.74) is 5.72. The van der Waals surface area contributed by atoms with Crippen molar-refractivity contribution in [2.45, 2.75) is 31.2 Å². The molecule has 0 bridgehead atoms. The Kier molecular flexibility index (Phi) is 2.19. The van der Waals surface area contributed by atoms with Crippen molar-refractivity contribution in [2.75, 3.05) is 0 Å². The van der Waals surface area contributed by atoms with Crippen molar-refractivity contribution >= 4 is 6.08 Å². The van der Waals surface area contributed by atoms with Gasteiger partial charge in [0, 0.05) is 18.4 Å². The third kappa shape index (κ3) is 1.95. The van der Waals surface area contributed by atoms with E-state index in [2.05, 4.69) is 0 Å². The normalized spacial score (nSPS) is 23.6. The lowest BCUT2D eigenvalue weighted by molar-refractivity contribution is -0.110. The van der Waals surface area contributed by atoms with Gasteiger partial charge in [0.05, 0.1) is 6.26 Å². The van der Waals surface area contributed by atoms with E-state index in [1.807, 2.05) is 0 Å². The molecule has 0 radical (unpaired) electrons. The first-order valence-electron chi connectivity index (χ1n) is 4.80. The van der Waals surface area contributed by atoms with Gasteiger partial charge in [-0.15, -0.1) is 0 Å². The molecule has 0 unspecified atom stereocenters.